The molecule has 2 atom stereocenters. The maximum absolute atomic E-state index is 11.3. The first-order chi connectivity index (χ1) is 17.0. The fraction of sp³-hybridized carbons (Fsp3) is 0.444. The van der Waals surface area contributed by atoms with Crippen LogP contribution in [0.25, 0.3) is 0 Å². The van der Waals surface area contributed by atoms with Crippen LogP contribution in [0.15, 0.2) is 48.5 Å². The van der Waals surface area contributed by atoms with E-state index >= 15 is 0 Å². The Labute approximate surface area is 225 Å². The average molecular weight is 612 g/mol. The third kappa shape index (κ3) is 9.67. The molecule has 36 heavy (non-hydrogen) atoms. The second kappa shape index (κ2) is 14.1. The summed E-state index contributed by atoms with van der Waals surface area (Å²) in [6.07, 6.45) is -0.977. The Hall–Kier alpha value is -2.82. The molecule has 2 unspecified atom stereocenters. The first-order valence-electron chi connectivity index (χ1n) is 11.5. The first kappa shape index (κ1) is 29.4. The molecule has 2 aromatic rings. The van der Waals surface area contributed by atoms with Crippen molar-refractivity contribution in [2.24, 2.45) is 0 Å². The number of rotatable bonds is 13. The van der Waals surface area contributed by atoms with E-state index in [-0.39, 0.29) is 30.7 Å². The van der Waals surface area contributed by atoms with Crippen LogP contribution in [0.2, 0.25) is 0 Å². The summed E-state index contributed by atoms with van der Waals surface area (Å²) in [6, 6.07) is 15.5. The van der Waals surface area contributed by atoms with Gasteiger partial charge in [0.1, 0.15) is 37.4 Å². The van der Waals surface area contributed by atoms with Gasteiger partial charge < -0.3 is 23.7 Å². The molecule has 0 fully saturated rings. The predicted octanol–water partition coefficient (Wildman–Crippen LogP) is 4.63. The van der Waals surface area contributed by atoms with Crippen LogP contribution in [0.3, 0.4) is 0 Å². The topological polar surface area (TPSA) is 97.4 Å². The standard InChI is InChI=1S/C27H33IO8/c1-18(29)32-16-26(36-20(3)31)17-34-24-12-8-22(9-13-24)27(4,5)21-6-10-23(11-7-21)33-15-25(14-28)35-19(2)30/h6-13,25-26H,14-17H2,1-5H3. The van der Waals surface area contributed by atoms with E-state index in [0.717, 1.165) is 11.1 Å². The van der Waals surface area contributed by atoms with Gasteiger partial charge in [0, 0.05) is 30.6 Å². The van der Waals surface area contributed by atoms with E-state index in [1.165, 1.54) is 20.8 Å². The summed E-state index contributed by atoms with van der Waals surface area (Å²) in [7, 11) is 0. The normalized spacial score (nSPS) is 12.7. The highest BCUT2D eigenvalue weighted by atomic mass is 127. The molecule has 0 amide bonds. The number of halogens is 1. The Morgan fingerprint density at radius 3 is 1.50 bits per heavy atom. The molecule has 0 spiro atoms. The lowest BCUT2D eigenvalue weighted by Gasteiger charge is -2.27. The molecule has 0 saturated heterocycles. The van der Waals surface area contributed by atoms with Crippen molar-refractivity contribution in [1.82, 2.24) is 0 Å². The molecule has 0 radical (unpaired) electrons. The highest BCUT2D eigenvalue weighted by molar-refractivity contribution is 14.1. The molecule has 9 heteroatoms. The van der Waals surface area contributed by atoms with Crippen molar-refractivity contribution in [2.75, 3.05) is 24.2 Å². The summed E-state index contributed by atoms with van der Waals surface area (Å²) in [5.74, 6) is 0.0656. The van der Waals surface area contributed by atoms with Gasteiger partial charge in [-0.1, -0.05) is 60.7 Å². The lowest BCUT2D eigenvalue weighted by atomic mass is 9.78. The zero-order valence-corrected chi connectivity index (χ0v) is 23.4. The van der Waals surface area contributed by atoms with Crippen molar-refractivity contribution in [1.29, 1.82) is 0 Å². The van der Waals surface area contributed by atoms with Gasteiger partial charge >= 0.3 is 17.9 Å². The van der Waals surface area contributed by atoms with Crippen molar-refractivity contribution in [2.45, 2.75) is 52.2 Å². The number of ether oxygens (including phenoxy) is 5. The Morgan fingerprint density at radius 1 is 0.694 bits per heavy atom. The number of carbonyl (C=O) groups is 3. The third-order valence-electron chi connectivity index (χ3n) is 5.33. The molecule has 8 nitrogen and oxygen atoms in total. The van der Waals surface area contributed by atoms with Gasteiger partial charge in [0.2, 0.25) is 0 Å². The molecule has 0 aliphatic rings. The van der Waals surface area contributed by atoms with Crippen molar-refractivity contribution in [3.05, 3.63) is 59.7 Å². The van der Waals surface area contributed by atoms with E-state index in [2.05, 4.69) is 36.4 Å². The molecular weight excluding hydrogens is 579 g/mol. The molecule has 0 N–H and O–H groups in total. The minimum atomic E-state index is -0.690. The van der Waals surface area contributed by atoms with Gasteiger partial charge in [0.25, 0.3) is 0 Å². The number of alkyl halides is 1. The van der Waals surface area contributed by atoms with Crippen LogP contribution in [-0.4, -0.2) is 54.4 Å². The molecule has 0 bridgehead atoms. The molecule has 2 aromatic carbocycles. The Bertz CT molecular complexity index is 1000. The van der Waals surface area contributed by atoms with Crippen LogP contribution < -0.4 is 9.47 Å². The summed E-state index contributed by atoms with van der Waals surface area (Å²) in [5, 5.41) is 0. The molecule has 0 heterocycles. The molecule has 196 valence electrons. The van der Waals surface area contributed by atoms with Crippen molar-refractivity contribution in [3.8, 4) is 11.5 Å². The maximum Gasteiger partial charge on any atom is 0.303 e. The molecule has 0 aliphatic heterocycles. The SMILES string of the molecule is CC(=O)OCC(COc1ccc(C(C)(C)c2ccc(OCC(CI)OC(C)=O)cc2)cc1)OC(C)=O. The van der Waals surface area contributed by atoms with Crippen molar-refractivity contribution < 1.29 is 38.1 Å². The summed E-state index contributed by atoms with van der Waals surface area (Å²) in [4.78, 5) is 33.5. The highest BCUT2D eigenvalue weighted by Gasteiger charge is 2.23. The van der Waals surface area contributed by atoms with Crippen LogP contribution in [0.4, 0.5) is 0 Å². The lowest BCUT2D eigenvalue weighted by molar-refractivity contribution is -0.158. The van der Waals surface area contributed by atoms with Gasteiger partial charge in [0.05, 0.1) is 0 Å². The second-order valence-corrected chi connectivity index (χ2v) is 9.60. The summed E-state index contributed by atoms with van der Waals surface area (Å²) in [6.45, 7) is 8.52. The van der Waals surface area contributed by atoms with E-state index in [0.29, 0.717) is 22.5 Å². The van der Waals surface area contributed by atoms with Crippen LogP contribution in [0.1, 0.15) is 45.7 Å². The van der Waals surface area contributed by atoms with Crippen LogP contribution in [0, 0.1) is 0 Å². The number of hydrogen-bond donors (Lipinski definition) is 0. The third-order valence-corrected chi connectivity index (χ3v) is 6.32. The zero-order valence-electron chi connectivity index (χ0n) is 21.2. The average Bonchev–Trinajstić information content (AvgIpc) is 2.83. The first-order valence-corrected chi connectivity index (χ1v) is 13.0. The number of hydrogen-bond acceptors (Lipinski definition) is 8. The van der Waals surface area contributed by atoms with Gasteiger partial charge in [-0.05, 0) is 35.4 Å². The Balaban J connectivity index is 1.99. The van der Waals surface area contributed by atoms with E-state index in [9.17, 15) is 14.4 Å². The van der Waals surface area contributed by atoms with Crippen LogP contribution in [-0.2, 0) is 34.0 Å². The van der Waals surface area contributed by atoms with E-state index in [4.69, 9.17) is 23.7 Å². The fourth-order valence-corrected chi connectivity index (χ4v) is 3.82. The number of esters is 3. The number of carbonyl (C=O) groups excluding carboxylic acids is 3. The van der Waals surface area contributed by atoms with Gasteiger partial charge in [-0.2, -0.15) is 0 Å². The summed E-state index contributed by atoms with van der Waals surface area (Å²) in [5.41, 5.74) is 1.90. The molecule has 0 aliphatic carbocycles. The maximum atomic E-state index is 11.3. The minimum Gasteiger partial charge on any atom is -0.490 e. The Kier molecular flexibility index (Phi) is 11.5. The van der Waals surface area contributed by atoms with Gasteiger partial charge in [-0.15, -0.1) is 0 Å². The molecular formula is C27H33IO8. The second-order valence-electron chi connectivity index (χ2n) is 8.72. The van der Waals surface area contributed by atoms with Crippen LogP contribution in [0.5, 0.6) is 11.5 Å². The smallest absolute Gasteiger partial charge is 0.303 e. The molecule has 0 saturated carbocycles. The lowest BCUT2D eigenvalue weighted by Crippen LogP contribution is -2.29. The summed E-state index contributed by atoms with van der Waals surface area (Å²) < 4.78 is 27.5. The zero-order chi connectivity index (χ0) is 26.7. The van der Waals surface area contributed by atoms with Crippen molar-refractivity contribution >= 4 is 40.5 Å². The van der Waals surface area contributed by atoms with Crippen LogP contribution >= 0.6 is 22.6 Å². The number of benzene rings is 2. The minimum absolute atomic E-state index is 0.0624. The monoisotopic (exact) mass is 612 g/mol. The molecule has 2 rings (SSSR count). The van der Waals surface area contributed by atoms with Gasteiger partial charge in [-0.25, -0.2) is 0 Å². The predicted molar refractivity (Wildman–Crippen MR) is 143 cm³/mol. The summed E-state index contributed by atoms with van der Waals surface area (Å²) >= 11 is 2.16. The van der Waals surface area contributed by atoms with Gasteiger partial charge in [0.15, 0.2) is 6.10 Å². The van der Waals surface area contributed by atoms with Crippen molar-refractivity contribution in [3.63, 3.8) is 0 Å². The fourth-order valence-electron chi connectivity index (χ4n) is 3.39. The van der Waals surface area contributed by atoms with Gasteiger partial charge in [-0.3, -0.25) is 14.4 Å². The highest BCUT2D eigenvalue weighted by Crippen LogP contribution is 2.33. The molecule has 0 aromatic heterocycles. The van der Waals surface area contributed by atoms with E-state index in [1.807, 2.05) is 48.5 Å². The largest absolute Gasteiger partial charge is 0.490 e. The van der Waals surface area contributed by atoms with E-state index in [1.54, 1.807) is 0 Å². The Morgan fingerprint density at radius 2 is 1.11 bits per heavy atom. The quantitative estimate of drug-likeness (QED) is 0.140. The van der Waals surface area contributed by atoms with E-state index < -0.39 is 18.0 Å².